The van der Waals surface area contributed by atoms with Gasteiger partial charge in [-0.05, 0) is 34.1 Å². The van der Waals surface area contributed by atoms with Crippen molar-refractivity contribution in [1.29, 1.82) is 0 Å². The van der Waals surface area contributed by atoms with Crippen LogP contribution in [0.15, 0.2) is 84.9 Å². The fourth-order valence-corrected chi connectivity index (χ4v) is 6.07. The van der Waals surface area contributed by atoms with E-state index in [4.69, 9.17) is 0 Å². The molecule has 0 bridgehead atoms. The number of amides is 4. The Morgan fingerprint density at radius 3 is 1.18 bits per heavy atom. The molecular weight excluding hydrogens is 552 g/mol. The third-order valence-electron chi connectivity index (χ3n) is 8.66. The van der Waals surface area contributed by atoms with Crippen molar-refractivity contribution in [3.63, 3.8) is 0 Å². The van der Waals surface area contributed by atoms with Gasteiger partial charge in [0.25, 0.3) is 0 Å². The second-order valence-electron chi connectivity index (χ2n) is 12.6. The molecule has 230 valence electrons. The molecule has 2 aliphatic rings. The normalized spacial score (nSPS) is 22.4. The molecule has 0 unspecified atom stereocenters. The summed E-state index contributed by atoms with van der Waals surface area (Å²) in [5, 5.41) is 5.90. The number of hydrogen-bond donors (Lipinski definition) is 2. The Morgan fingerprint density at radius 1 is 0.523 bits per heavy atom. The smallest absolute Gasteiger partial charge is 0.246 e. The number of carbonyl (C=O) groups excluding carboxylic acids is 4. The van der Waals surface area contributed by atoms with Crippen LogP contribution in [0.2, 0.25) is 0 Å². The lowest BCUT2D eigenvalue weighted by molar-refractivity contribution is -0.151. The first-order valence-electron chi connectivity index (χ1n) is 15.5. The van der Waals surface area contributed by atoms with Crippen LogP contribution in [-0.4, -0.2) is 57.6 Å². The minimum absolute atomic E-state index is 0.0221. The van der Waals surface area contributed by atoms with Crippen LogP contribution >= 0.6 is 0 Å². The van der Waals surface area contributed by atoms with Gasteiger partial charge in [0.1, 0.15) is 24.2 Å². The van der Waals surface area contributed by atoms with Gasteiger partial charge >= 0.3 is 0 Å². The maximum atomic E-state index is 13.5. The maximum Gasteiger partial charge on any atom is 0.246 e. The predicted molar refractivity (Wildman–Crippen MR) is 169 cm³/mol. The van der Waals surface area contributed by atoms with Crippen molar-refractivity contribution < 1.29 is 19.2 Å². The van der Waals surface area contributed by atoms with Crippen molar-refractivity contribution in [3.8, 4) is 0 Å². The molecule has 0 saturated carbocycles. The van der Waals surface area contributed by atoms with E-state index < -0.39 is 24.2 Å². The van der Waals surface area contributed by atoms with Crippen LogP contribution in [-0.2, 0) is 45.1 Å². The number of rotatable bonds is 10. The van der Waals surface area contributed by atoms with Crippen LogP contribution in [0, 0.1) is 11.8 Å². The lowest BCUT2D eigenvalue weighted by atomic mass is 9.92. The van der Waals surface area contributed by atoms with Gasteiger partial charge in [-0.3, -0.25) is 19.2 Å². The summed E-state index contributed by atoms with van der Waals surface area (Å²) in [5.41, 5.74) is 3.76. The maximum absolute atomic E-state index is 13.5. The highest BCUT2D eigenvalue weighted by Crippen LogP contribution is 2.24. The Bertz CT molecular complexity index is 1360. The zero-order chi connectivity index (χ0) is 31.4. The Kier molecular flexibility index (Phi) is 9.47. The van der Waals surface area contributed by atoms with Gasteiger partial charge in [-0.1, -0.05) is 113 Å². The van der Waals surface area contributed by atoms with Gasteiger partial charge in [0, 0.05) is 25.9 Å². The number of hydrogen-bond acceptors (Lipinski definition) is 4. The van der Waals surface area contributed by atoms with E-state index in [1.807, 2.05) is 113 Å². The van der Waals surface area contributed by atoms with E-state index in [9.17, 15) is 19.2 Å². The molecule has 2 saturated heterocycles. The van der Waals surface area contributed by atoms with E-state index in [2.05, 4.69) is 10.6 Å². The summed E-state index contributed by atoms with van der Waals surface area (Å²) < 4.78 is 0. The third kappa shape index (κ3) is 6.85. The first-order chi connectivity index (χ1) is 21.1. The molecule has 2 aliphatic heterocycles. The van der Waals surface area contributed by atoms with Crippen molar-refractivity contribution in [2.45, 2.75) is 77.8 Å². The highest BCUT2D eigenvalue weighted by molar-refractivity contribution is 5.98. The van der Waals surface area contributed by atoms with Crippen molar-refractivity contribution >= 4 is 23.6 Å². The average molecular weight is 595 g/mol. The summed E-state index contributed by atoms with van der Waals surface area (Å²) in [6.07, 6.45) is 0.738. The third-order valence-corrected chi connectivity index (χ3v) is 8.66. The van der Waals surface area contributed by atoms with Gasteiger partial charge in [0.15, 0.2) is 0 Å². The topological polar surface area (TPSA) is 98.8 Å². The van der Waals surface area contributed by atoms with E-state index in [0.717, 1.165) is 22.3 Å². The van der Waals surface area contributed by atoms with Crippen LogP contribution in [0.1, 0.15) is 49.9 Å². The van der Waals surface area contributed by atoms with E-state index in [-0.39, 0.29) is 35.5 Å². The van der Waals surface area contributed by atoms with Gasteiger partial charge < -0.3 is 20.4 Å². The van der Waals surface area contributed by atoms with Gasteiger partial charge in [-0.2, -0.15) is 0 Å². The zero-order valence-corrected chi connectivity index (χ0v) is 25.9. The molecule has 2 N–H and O–H groups in total. The highest BCUT2D eigenvalue weighted by Gasteiger charge is 2.43. The second-order valence-corrected chi connectivity index (χ2v) is 12.6. The number of benzene rings is 3. The Hall–Kier alpha value is -4.46. The van der Waals surface area contributed by atoms with Crippen LogP contribution in [0.5, 0.6) is 0 Å². The fourth-order valence-electron chi connectivity index (χ4n) is 6.07. The molecule has 4 atom stereocenters. The molecule has 3 aromatic carbocycles. The highest BCUT2D eigenvalue weighted by atomic mass is 16.2. The quantitative estimate of drug-likeness (QED) is 0.372. The SMILES string of the molecule is CC(C)[C@H]1NC(=O)[C@H](Cc2ccc(C[C@H]3C(=O)N[C@H](C(C)C)C(=O)N3Cc3ccccc3)cc2)N(Cc2ccccc2)C1=O. The molecule has 3 aromatic rings. The number of piperazine rings is 2. The van der Waals surface area contributed by atoms with E-state index in [1.165, 1.54) is 0 Å². The van der Waals surface area contributed by atoms with Crippen LogP contribution in [0.25, 0.3) is 0 Å². The molecule has 0 radical (unpaired) electrons. The Balaban J connectivity index is 1.33. The molecule has 0 aliphatic carbocycles. The van der Waals surface area contributed by atoms with E-state index in [0.29, 0.717) is 25.9 Å². The van der Waals surface area contributed by atoms with Crippen molar-refractivity contribution in [2.24, 2.45) is 11.8 Å². The first-order valence-corrected chi connectivity index (χ1v) is 15.5. The van der Waals surface area contributed by atoms with Gasteiger partial charge in [-0.15, -0.1) is 0 Å². The molecular formula is C36H42N4O4. The molecule has 2 fully saturated rings. The summed E-state index contributed by atoms with van der Waals surface area (Å²) in [4.78, 5) is 57.1. The molecule has 0 aromatic heterocycles. The summed E-state index contributed by atoms with van der Waals surface area (Å²) in [6, 6.07) is 24.9. The van der Waals surface area contributed by atoms with Crippen molar-refractivity contribution in [2.75, 3.05) is 0 Å². The fraction of sp³-hybridized carbons (Fsp3) is 0.389. The number of carbonyl (C=O) groups is 4. The minimum atomic E-state index is -0.639. The lowest BCUT2D eigenvalue weighted by Crippen LogP contribution is -2.65. The lowest BCUT2D eigenvalue weighted by Gasteiger charge is -2.41. The van der Waals surface area contributed by atoms with Gasteiger partial charge in [0.05, 0.1) is 0 Å². The van der Waals surface area contributed by atoms with Crippen LogP contribution in [0.4, 0.5) is 0 Å². The van der Waals surface area contributed by atoms with E-state index in [1.54, 1.807) is 9.80 Å². The second kappa shape index (κ2) is 13.5. The summed E-state index contributed by atoms with van der Waals surface area (Å²) in [7, 11) is 0. The molecule has 0 spiro atoms. The molecule has 8 heteroatoms. The molecule has 2 heterocycles. The number of nitrogens with one attached hydrogen (secondary N) is 2. The molecule has 8 nitrogen and oxygen atoms in total. The van der Waals surface area contributed by atoms with Gasteiger partial charge in [-0.25, -0.2) is 0 Å². The predicted octanol–water partition coefficient (Wildman–Crippen LogP) is 3.88. The summed E-state index contributed by atoms with van der Waals surface area (Å²) in [5.74, 6) is -0.501. The standard InChI is InChI=1S/C36H42N4O4/c1-23(2)31-35(43)39(21-27-11-7-5-8-12-27)29(33(41)37-31)19-25-15-17-26(18-16-25)20-30-34(42)38-32(24(3)4)36(44)40(30)22-28-13-9-6-10-14-28/h5-18,23-24,29-32H,19-22H2,1-4H3,(H,37,41)(H,38,42)/t29-,30-,31+,32+/m0/s1. The Morgan fingerprint density at radius 2 is 0.864 bits per heavy atom. The monoisotopic (exact) mass is 594 g/mol. The Labute approximate surface area is 259 Å². The average Bonchev–Trinajstić information content (AvgIpc) is 3.01. The first kappa shape index (κ1) is 31.0. The summed E-state index contributed by atoms with van der Waals surface area (Å²) in [6.45, 7) is 8.47. The molecule has 44 heavy (non-hydrogen) atoms. The zero-order valence-electron chi connectivity index (χ0n) is 25.9. The van der Waals surface area contributed by atoms with Crippen molar-refractivity contribution in [1.82, 2.24) is 20.4 Å². The van der Waals surface area contributed by atoms with Crippen LogP contribution in [0.3, 0.4) is 0 Å². The van der Waals surface area contributed by atoms with Crippen LogP contribution < -0.4 is 10.6 Å². The minimum Gasteiger partial charge on any atom is -0.342 e. The largest absolute Gasteiger partial charge is 0.342 e. The molecule has 5 rings (SSSR count). The van der Waals surface area contributed by atoms with Gasteiger partial charge in [0.2, 0.25) is 23.6 Å². The number of nitrogens with zero attached hydrogens (tertiary/aromatic N) is 2. The van der Waals surface area contributed by atoms with Crippen molar-refractivity contribution in [3.05, 3.63) is 107 Å². The van der Waals surface area contributed by atoms with E-state index >= 15 is 0 Å². The molecule has 4 amide bonds. The summed E-state index contributed by atoms with van der Waals surface area (Å²) >= 11 is 0.